The van der Waals surface area contributed by atoms with Crippen molar-refractivity contribution in [3.63, 3.8) is 0 Å². The predicted octanol–water partition coefficient (Wildman–Crippen LogP) is 3.95. The maximum atomic E-state index is 13.1. The van der Waals surface area contributed by atoms with Crippen LogP contribution in [0, 0.1) is 5.82 Å². The van der Waals surface area contributed by atoms with Gasteiger partial charge in [-0.1, -0.05) is 24.3 Å². The molecule has 0 aliphatic carbocycles. The van der Waals surface area contributed by atoms with Crippen molar-refractivity contribution in [3.05, 3.63) is 70.0 Å². The van der Waals surface area contributed by atoms with Gasteiger partial charge < -0.3 is 9.84 Å². The molecule has 0 fully saturated rings. The van der Waals surface area contributed by atoms with Gasteiger partial charge in [-0.05, 0) is 51.8 Å². The Bertz CT molecular complexity index is 771. The van der Waals surface area contributed by atoms with Gasteiger partial charge in [0.15, 0.2) is 12.4 Å². The second kappa shape index (κ2) is 7.69. The molecule has 0 heterocycles. The first-order chi connectivity index (χ1) is 11.0. The van der Waals surface area contributed by atoms with Gasteiger partial charge in [-0.25, -0.2) is 9.18 Å². The molecule has 2 rings (SSSR count). The van der Waals surface area contributed by atoms with Gasteiger partial charge in [0.05, 0.1) is 4.47 Å². The summed E-state index contributed by atoms with van der Waals surface area (Å²) >= 11 is 3.08. The van der Waals surface area contributed by atoms with Crippen molar-refractivity contribution < 1.29 is 23.8 Å². The standard InChI is InChI=1S/C17H12BrFO4/c18-14-8-11(4-6-15(14)19)5-7-16(20)12-2-1-3-13(9-12)23-10-17(21)22/h1-9H,10H2,(H,21,22)/b7-5+. The van der Waals surface area contributed by atoms with Crippen LogP contribution in [-0.4, -0.2) is 23.5 Å². The topological polar surface area (TPSA) is 63.6 Å². The monoisotopic (exact) mass is 378 g/mol. The Balaban J connectivity index is 2.10. The number of benzene rings is 2. The van der Waals surface area contributed by atoms with E-state index in [1.165, 1.54) is 18.2 Å². The zero-order valence-electron chi connectivity index (χ0n) is 11.8. The zero-order valence-corrected chi connectivity index (χ0v) is 13.4. The van der Waals surface area contributed by atoms with Crippen molar-refractivity contribution in [1.82, 2.24) is 0 Å². The van der Waals surface area contributed by atoms with E-state index in [4.69, 9.17) is 9.84 Å². The van der Waals surface area contributed by atoms with Crippen LogP contribution in [0.15, 0.2) is 53.0 Å². The summed E-state index contributed by atoms with van der Waals surface area (Å²) < 4.78 is 18.5. The second-order valence-corrected chi connectivity index (χ2v) is 5.44. The summed E-state index contributed by atoms with van der Waals surface area (Å²) in [5.74, 6) is -1.44. The number of halogens is 2. The summed E-state index contributed by atoms with van der Waals surface area (Å²) in [7, 11) is 0. The average Bonchev–Trinajstić information content (AvgIpc) is 2.54. The first-order valence-corrected chi connectivity index (χ1v) is 7.37. The molecular weight excluding hydrogens is 367 g/mol. The summed E-state index contributed by atoms with van der Waals surface area (Å²) in [4.78, 5) is 22.6. The van der Waals surface area contributed by atoms with Gasteiger partial charge in [-0.3, -0.25) is 4.79 Å². The molecule has 2 aromatic rings. The van der Waals surface area contributed by atoms with Crippen LogP contribution in [0.2, 0.25) is 0 Å². The highest BCUT2D eigenvalue weighted by Crippen LogP contribution is 2.18. The first kappa shape index (κ1) is 16.9. The lowest BCUT2D eigenvalue weighted by atomic mass is 10.1. The minimum atomic E-state index is -1.09. The van der Waals surface area contributed by atoms with E-state index in [9.17, 15) is 14.0 Å². The Kier molecular flexibility index (Phi) is 5.65. The maximum absolute atomic E-state index is 13.1. The van der Waals surface area contributed by atoms with Gasteiger partial charge in [0.2, 0.25) is 0 Å². The summed E-state index contributed by atoms with van der Waals surface area (Å²) in [5, 5.41) is 8.57. The number of ketones is 1. The molecule has 0 amide bonds. The fourth-order valence-electron chi connectivity index (χ4n) is 1.77. The Labute approximate surface area is 140 Å². The van der Waals surface area contributed by atoms with E-state index < -0.39 is 12.6 Å². The number of hydrogen-bond acceptors (Lipinski definition) is 3. The number of carboxylic acid groups (broad SMARTS) is 1. The number of carbonyl (C=O) groups is 2. The second-order valence-electron chi connectivity index (χ2n) is 4.58. The molecular formula is C17H12BrFO4. The Morgan fingerprint density at radius 3 is 2.70 bits per heavy atom. The molecule has 0 aliphatic heterocycles. The van der Waals surface area contributed by atoms with Crippen LogP contribution in [0.4, 0.5) is 4.39 Å². The largest absolute Gasteiger partial charge is 0.482 e. The molecule has 6 heteroatoms. The number of hydrogen-bond donors (Lipinski definition) is 1. The van der Waals surface area contributed by atoms with Crippen molar-refractivity contribution in [2.24, 2.45) is 0 Å². The number of aliphatic carboxylic acids is 1. The van der Waals surface area contributed by atoms with Gasteiger partial charge >= 0.3 is 5.97 Å². The van der Waals surface area contributed by atoms with E-state index in [1.807, 2.05) is 0 Å². The van der Waals surface area contributed by atoms with E-state index in [0.717, 1.165) is 0 Å². The van der Waals surface area contributed by atoms with Gasteiger partial charge in [0.1, 0.15) is 11.6 Å². The highest BCUT2D eigenvalue weighted by Gasteiger charge is 2.05. The minimum Gasteiger partial charge on any atom is -0.482 e. The minimum absolute atomic E-state index is 0.272. The lowest BCUT2D eigenvalue weighted by molar-refractivity contribution is -0.139. The average molecular weight is 379 g/mol. The molecule has 23 heavy (non-hydrogen) atoms. The molecule has 0 atom stereocenters. The van der Waals surface area contributed by atoms with Crippen LogP contribution in [-0.2, 0) is 4.79 Å². The van der Waals surface area contributed by atoms with Crippen LogP contribution in [0.1, 0.15) is 15.9 Å². The molecule has 2 aromatic carbocycles. The molecule has 0 spiro atoms. The number of carboxylic acids is 1. The fourth-order valence-corrected chi connectivity index (χ4v) is 2.16. The number of carbonyl (C=O) groups excluding carboxylic acids is 1. The third-order valence-electron chi connectivity index (χ3n) is 2.85. The molecule has 118 valence electrons. The van der Waals surface area contributed by atoms with Crippen molar-refractivity contribution in [3.8, 4) is 5.75 Å². The number of rotatable bonds is 6. The van der Waals surface area contributed by atoms with Crippen LogP contribution in [0.25, 0.3) is 6.08 Å². The van der Waals surface area contributed by atoms with Crippen LogP contribution in [0.3, 0.4) is 0 Å². The molecule has 4 nitrogen and oxygen atoms in total. The molecule has 0 radical (unpaired) electrons. The highest BCUT2D eigenvalue weighted by atomic mass is 79.9. The first-order valence-electron chi connectivity index (χ1n) is 6.58. The maximum Gasteiger partial charge on any atom is 0.341 e. The summed E-state index contributed by atoms with van der Waals surface area (Å²) in [6, 6.07) is 10.7. The molecule has 0 aromatic heterocycles. The van der Waals surface area contributed by atoms with Crippen molar-refractivity contribution >= 4 is 33.8 Å². The van der Waals surface area contributed by atoms with Crippen molar-refractivity contribution in [2.45, 2.75) is 0 Å². The number of allylic oxidation sites excluding steroid dienone is 1. The Morgan fingerprint density at radius 2 is 2.00 bits per heavy atom. The summed E-state index contributed by atoms with van der Waals surface area (Å²) in [6.07, 6.45) is 2.92. The van der Waals surface area contributed by atoms with E-state index in [-0.39, 0.29) is 11.6 Å². The van der Waals surface area contributed by atoms with Gasteiger partial charge in [-0.15, -0.1) is 0 Å². The smallest absolute Gasteiger partial charge is 0.341 e. The number of ether oxygens (including phenoxy) is 1. The van der Waals surface area contributed by atoms with E-state index in [1.54, 1.807) is 36.4 Å². The normalized spacial score (nSPS) is 10.7. The Morgan fingerprint density at radius 1 is 1.22 bits per heavy atom. The van der Waals surface area contributed by atoms with E-state index in [2.05, 4.69) is 15.9 Å². The molecule has 0 saturated carbocycles. The highest BCUT2D eigenvalue weighted by molar-refractivity contribution is 9.10. The third-order valence-corrected chi connectivity index (χ3v) is 3.46. The summed E-state index contributed by atoms with van der Waals surface area (Å²) in [5.41, 5.74) is 1.04. The quantitative estimate of drug-likeness (QED) is 0.610. The lowest BCUT2D eigenvalue weighted by Crippen LogP contribution is -2.09. The summed E-state index contributed by atoms with van der Waals surface area (Å²) in [6.45, 7) is -0.475. The third kappa shape index (κ3) is 5.03. The molecule has 1 N–H and O–H groups in total. The predicted molar refractivity (Wildman–Crippen MR) is 87.0 cm³/mol. The molecule has 0 saturated heterocycles. The lowest BCUT2D eigenvalue weighted by Gasteiger charge is -2.04. The molecule has 0 unspecified atom stereocenters. The fraction of sp³-hybridized carbons (Fsp3) is 0.0588. The van der Waals surface area contributed by atoms with Gasteiger partial charge in [-0.2, -0.15) is 0 Å². The SMILES string of the molecule is O=C(O)COc1cccc(C(=O)/C=C/c2ccc(F)c(Br)c2)c1. The van der Waals surface area contributed by atoms with Crippen LogP contribution < -0.4 is 4.74 Å². The van der Waals surface area contributed by atoms with Crippen molar-refractivity contribution in [1.29, 1.82) is 0 Å². The molecule has 0 bridgehead atoms. The van der Waals surface area contributed by atoms with Gasteiger partial charge in [0.25, 0.3) is 0 Å². The van der Waals surface area contributed by atoms with Crippen molar-refractivity contribution in [2.75, 3.05) is 6.61 Å². The Hall–Kier alpha value is -2.47. The molecule has 0 aliphatic rings. The van der Waals surface area contributed by atoms with Crippen LogP contribution >= 0.6 is 15.9 Å². The van der Waals surface area contributed by atoms with Crippen LogP contribution in [0.5, 0.6) is 5.75 Å². The van der Waals surface area contributed by atoms with Gasteiger partial charge in [0, 0.05) is 5.56 Å². The van der Waals surface area contributed by atoms with E-state index >= 15 is 0 Å². The van der Waals surface area contributed by atoms with E-state index in [0.29, 0.717) is 21.3 Å². The zero-order chi connectivity index (χ0) is 16.8.